The number of allylic oxidation sites excluding steroid dienone is 3. The molecule has 1 unspecified atom stereocenters. The summed E-state index contributed by atoms with van der Waals surface area (Å²) < 4.78 is 5.12. The Morgan fingerprint density at radius 1 is 1.53 bits per heavy atom. The second-order valence-corrected chi connectivity index (χ2v) is 5.35. The van der Waals surface area contributed by atoms with E-state index in [4.69, 9.17) is 10.00 Å². The molecule has 1 amide bonds. The highest BCUT2D eigenvalue weighted by Gasteiger charge is 2.15. The van der Waals surface area contributed by atoms with Gasteiger partial charge < -0.3 is 15.4 Å². The number of alkyl carbamates (subject to hydrolysis) is 1. The molecule has 1 atom stereocenters. The van der Waals surface area contributed by atoms with Crippen LogP contribution in [0.25, 0.3) is 0 Å². The topological polar surface area (TPSA) is 74.2 Å². The van der Waals surface area contributed by atoms with E-state index in [0.29, 0.717) is 13.1 Å². The minimum atomic E-state index is -0.474. The van der Waals surface area contributed by atoms with E-state index in [-0.39, 0.29) is 5.92 Å². The Morgan fingerprint density at radius 2 is 2.26 bits per heavy atom. The van der Waals surface area contributed by atoms with Crippen molar-refractivity contribution in [3.8, 4) is 6.07 Å². The molecule has 0 bridgehead atoms. The third kappa shape index (κ3) is 6.51. The second kappa shape index (κ2) is 6.83. The molecule has 5 nitrogen and oxygen atoms in total. The van der Waals surface area contributed by atoms with E-state index < -0.39 is 11.7 Å². The lowest BCUT2D eigenvalue weighted by Gasteiger charge is -2.20. The van der Waals surface area contributed by atoms with E-state index in [1.165, 1.54) is 0 Å². The lowest BCUT2D eigenvalue weighted by Crippen LogP contribution is -2.36. The minimum Gasteiger partial charge on any atom is -0.444 e. The third-order valence-corrected chi connectivity index (χ3v) is 2.39. The molecule has 1 aliphatic rings. The summed E-state index contributed by atoms with van der Waals surface area (Å²) in [4.78, 5) is 11.4. The quantitative estimate of drug-likeness (QED) is 0.762. The van der Waals surface area contributed by atoms with Crippen LogP contribution in [0.2, 0.25) is 0 Å². The minimum absolute atomic E-state index is 0.0227. The number of amides is 1. The Kier molecular flexibility index (Phi) is 5.43. The molecule has 2 N–H and O–H groups in total. The first-order valence-corrected chi connectivity index (χ1v) is 6.39. The molecule has 0 aromatic heterocycles. The molecule has 0 radical (unpaired) electrons. The third-order valence-electron chi connectivity index (χ3n) is 2.39. The van der Waals surface area contributed by atoms with Gasteiger partial charge in [0.05, 0.1) is 12.0 Å². The van der Waals surface area contributed by atoms with Crippen molar-refractivity contribution in [1.29, 1.82) is 5.26 Å². The van der Waals surface area contributed by atoms with Crippen LogP contribution in [0.15, 0.2) is 23.9 Å². The zero-order chi connectivity index (χ0) is 14.3. The number of nitriles is 1. The number of rotatable bonds is 4. The fraction of sp³-hybridized carbons (Fsp3) is 0.571. The Hall–Kier alpha value is -1.96. The highest BCUT2D eigenvalue weighted by molar-refractivity contribution is 5.67. The van der Waals surface area contributed by atoms with Gasteiger partial charge >= 0.3 is 6.09 Å². The second-order valence-electron chi connectivity index (χ2n) is 5.35. The summed E-state index contributed by atoms with van der Waals surface area (Å²) in [7, 11) is 0. The van der Waals surface area contributed by atoms with Crippen LogP contribution in [-0.4, -0.2) is 24.8 Å². The normalized spacial score (nSPS) is 18.2. The first-order chi connectivity index (χ1) is 8.90. The van der Waals surface area contributed by atoms with Crippen LogP contribution in [0.5, 0.6) is 0 Å². The predicted octanol–water partition coefficient (Wildman–Crippen LogP) is 2.08. The van der Waals surface area contributed by atoms with Gasteiger partial charge in [-0.25, -0.2) is 4.79 Å². The summed E-state index contributed by atoms with van der Waals surface area (Å²) in [6.07, 6.45) is 6.08. The molecule has 0 saturated heterocycles. The maximum Gasteiger partial charge on any atom is 0.407 e. The molecule has 104 valence electrons. The van der Waals surface area contributed by atoms with Crippen LogP contribution in [0.1, 0.15) is 27.2 Å². The zero-order valence-electron chi connectivity index (χ0n) is 11.7. The lowest BCUT2D eigenvalue weighted by molar-refractivity contribution is 0.0528. The SMILES string of the molecule is CC(C)(C)OC(=O)NCCNC1=CCC(C#N)C=C1. The van der Waals surface area contributed by atoms with Crippen molar-refractivity contribution in [2.45, 2.75) is 32.8 Å². The van der Waals surface area contributed by atoms with Crippen molar-refractivity contribution in [3.05, 3.63) is 23.9 Å². The van der Waals surface area contributed by atoms with Gasteiger partial charge in [-0.15, -0.1) is 0 Å². The van der Waals surface area contributed by atoms with E-state index in [1.807, 2.05) is 39.0 Å². The first-order valence-electron chi connectivity index (χ1n) is 6.39. The van der Waals surface area contributed by atoms with Gasteiger partial charge in [0.25, 0.3) is 0 Å². The highest BCUT2D eigenvalue weighted by Crippen LogP contribution is 2.13. The number of nitrogens with one attached hydrogen (secondary N) is 2. The van der Waals surface area contributed by atoms with E-state index in [2.05, 4.69) is 16.7 Å². The monoisotopic (exact) mass is 263 g/mol. The van der Waals surface area contributed by atoms with Crippen molar-refractivity contribution in [2.75, 3.05) is 13.1 Å². The van der Waals surface area contributed by atoms with E-state index in [1.54, 1.807) is 0 Å². The summed E-state index contributed by atoms with van der Waals surface area (Å²) in [5, 5.41) is 14.6. The van der Waals surface area contributed by atoms with Gasteiger partial charge in [0.15, 0.2) is 0 Å². The maximum absolute atomic E-state index is 11.4. The van der Waals surface area contributed by atoms with Crippen LogP contribution >= 0.6 is 0 Å². The van der Waals surface area contributed by atoms with Crippen LogP contribution in [-0.2, 0) is 4.74 Å². The van der Waals surface area contributed by atoms with E-state index in [0.717, 1.165) is 12.1 Å². The molecule has 0 saturated carbocycles. The van der Waals surface area contributed by atoms with Gasteiger partial charge in [0, 0.05) is 18.8 Å². The van der Waals surface area contributed by atoms with Crippen molar-refractivity contribution in [1.82, 2.24) is 10.6 Å². The average molecular weight is 263 g/mol. The standard InChI is InChI=1S/C14H21N3O2/c1-14(2,3)19-13(18)17-9-8-16-12-6-4-11(10-15)5-7-12/h4,6-7,11,16H,5,8-9H2,1-3H3,(H,17,18). The Morgan fingerprint density at radius 3 is 2.79 bits per heavy atom. The van der Waals surface area contributed by atoms with E-state index >= 15 is 0 Å². The average Bonchev–Trinajstić information content (AvgIpc) is 2.33. The molecule has 0 heterocycles. The fourth-order valence-electron chi connectivity index (χ4n) is 1.53. The van der Waals surface area contributed by atoms with Crippen molar-refractivity contribution in [3.63, 3.8) is 0 Å². The van der Waals surface area contributed by atoms with Gasteiger partial charge in [-0.05, 0) is 33.3 Å². The smallest absolute Gasteiger partial charge is 0.407 e. The van der Waals surface area contributed by atoms with Crippen molar-refractivity contribution < 1.29 is 9.53 Å². The summed E-state index contributed by atoms with van der Waals surface area (Å²) in [6, 6.07) is 2.20. The van der Waals surface area contributed by atoms with Gasteiger partial charge in [-0.1, -0.05) is 12.2 Å². The molecule has 1 rings (SSSR count). The van der Waals surface area contributed by atoms with Gasteiger partial charge in [0.2, 0.25) is 0 Å². The molecule has 0 aromatic rings. The molecule has 0 fully saturated rings. The van der Waals surface area contributed by atoms with Crippen molar-refractivity contribution >= 4 is 6.09 Å². The lowest BCUT2D eigenvalue weighted by atomic mass is 10.0. The number of ether oxygens (including phenoxy) is 1. The maximum atomic E-state index is 11.4. The number of nitrogens with zero attached hydrogens (tertiary/aromatic N) is 1. The molecule has 0 spiro atoms. The summed E-state index contributed by atoms with van der Waals surface area (Å²) in [6.45, 7) is 6.59. The number of carbonyl (C=O) groups is 1. The van der Waals surface area contributed by atoms with Gasteiger partial charge in [-0.2, -0.15) is 5.26 Å². The molecule has 5 heteroatoms. The van der Waals surface area contributed by atoms with Crippen LogP contribution in [0.4, 0.5) is 4.79 Å². The fourth-order valence-corrected chi connectivity index (χ4v) is 1.53. The van der Waals surface area contributed by atoms with E-state index in [9.17, 15) is 4.79 Å². The van der Waals surface area contributed by atoms with Gasteiger partial charge in [-0.3, -0.25) is 0 Å². The zero-order valence-corrected chi connectivity index (χ0v) is 11.7. The van der Waals surface area contributed by atoms with Crippen LogP contribution < -0.4 is 10.6 Å². The van der Waals surface area contributed by atoms with Crippen molar-refractivity contribution in [2.24, 2.45) is 5.92 Å². The number of hydrogen-bond donors (Lipinski definition) is 2. The first kappa shape index (κ1) is 15.1. The summed E-state index contributed by atoms with van der Waals surface area (Å²) in [5.74, 6) is -0.0227. The molecule has 0 aromatic carbocycles. The van der Waals surface area contributed by atoms with Gasteiger partial charge in [0.1, 0.15) is 5.60 Å². The molecule has 19 heavy (non-hydrogen) atoms. The molecular weight excluding hydrogens is 242 g/mol. The predicted molar refractivity (Wildman–Crippen MR) is 73.2 cm³/mol. The molecule has 1 aliphatic carbocycles. The number of carbonyl (C=O) groups excluding carboxylic acids is 1. The summed E-state index contributed by atoms with van der Waals surface area (Å²) in [5.41, 5.74) is 0.510. The van der Waals surface area contributed by atoms with Crippen LogP contribution in [0, 0.1) is 17.2 Å². The Labute approximate surface area is 114 Å². The van der Waals surface area contributed by atoms with Crippen LogP contribution in [0.3, 0.4) is 0 Å². The molecular formula is C14H21N3O2. The summed E-state index contributed by atoms with van der Waals surface area (Å²) >= 11 is 0. The Bertz CT molecular complexity index is 413. The number of hydrogen-bond acceptors (Lipinski definition) is 4. The largest absolute Gasteiger partial charge is 0.444 e. The highest BCUT2D eigenvalue weighted by atomic mass is 16.6. The molecule has 0 aliphatic heterocycles. The Balaban J connectivity index is 2.16.